The normalized spacial score (nSPS) is 20.0. The summed E-state index contributed by atoms with van der Waals surface area (Å²) in [5, 5.41) is 9.76. The number of nitrogens with one attached hydrogen (secondary N) is 3. The first kappa shape index (κ1) is 24.7. The Morgan fingerprint density at radius 1 is 1.14 bits per heavy atom. The van der Waals surface area contributed by atoms with Crippen molar-refractivity contribution in [1.82, 2.24) is 20.9 Å². The van der Waals surface area contributed by atoms with Crippen LogP contribution in [0.1, 0.15) is 50.5 Å². The van der Waals surface area contributed by atoms with Gasteiger partial charge in [0.1, 0.15) is 0 Å². The van der Waals surface area contributed by atoms with Gasteiger partial charge in [-0.25, -0.2) is 4.99 Å². The van der Waals surface area contributed by atoms with Crippen molar-refractivity contribution in [2.24, 2.45) is 10.9 Å². The number of hydrogen-bond donors (Lipinski definition) is 3. The summed E-state index contributed by atoms with van der Waals surface area (Å²) in [5.41, 5.74) is 1.77. The van der Waals surface area contributed by atoms with Crippen LogP contribution in [0, 0.1) is 5.92 Å². The Morgan fingerprint density at radius 2 is 1.79 bits per heavy atom. The van der Waals surface area contributed by atoms with Crippen molar-refractivity contribution in [1.29, 1.82) is 0 Å². The van der Waals surface area contributed by atoms with Gasteiger partial charge in [0.15, 0.2) is 5.96 Å². The average molecular weight is 501 g/mol. The lowest BCUT2D eigenvalue weighted by Gasteiger charge is -2.22. The minimum atomic E-state index is -0.0347. The van der Waals surface area contributed by atoms with Gasteiger partial charge in [0, 0.05) is 43.8 Å². The Balaban J connectivity index is 0.00000392. The highest BCUT2D eigenvalue weighted by Crippen LogP contribution is 2.18. The monoisotopic (exact) mass is 501 g/mol. The zero-order chi connectivity index (χ0) is 19.8. The average Bonchev–Trinajstić information content (AvgIpc) is 3.01. The highest BCUT2D eigenvalue weighted by atomic mass is 127. The van der Waals surface area contributed by atoms with Crippen molar-refractivity contribution in [2.75, 3.05) is 26.2 Å². The smallest absolute Gasteiger partial charge is 0.251 e. The summed E-state index contributed by atoms with van der Waals surface area (Å²) in [4.78, 5) is 19.1. The zero-order valence-electron chi connectivity index (χ0n) is 17.8. The quantitative estimate of drug-likeness (QED) is 0.306. The van der Waals surface area contributed by atoms with E-state index in [4.69, 9.17) is 4.99 Å². The molecule has 1 aromatic rings. The molecule has 1 amide bonds. The molecule has 1 aromatic carbocycles. The van der Waals surface area contributed by atoms with E-state index < -0.39 is 0 Å². The maximum Gasteiger partial charge on any atom is 0.251 e. The molecule has 0 aliphatic carbocycles. The fraction of sp³-hybridized carbons (Fsp3) is 0.619. The molecule has 1 aliphatic heterocycles. The van der Waals surface area contributed by atoms with Crippen LogP contribution in [0.5, 0.6) is 0 Å². The second-order valence-electron chi connectivity index (χ2n) is 7.53. The molecule has 2 atom stereocenters. The van der Waals surface area contributed by atoms with E-state index in [-0.39, 0.29) is 29.9 Å². The fourth-order valence-corrected chi connectivity index (χ4v) is 3.30. The topological polar surface area (TPSA) is 68.8 Å². The Hall–Kier alpha value is -1.35. The van der Waals surface area contributed by atoms with Crippen LogP contribution < -0.4 is 16.0 Å². The van der Waals surface area contributed by atoms with Gasteiger partial charge in [-0.3, -0.25) is 9.69 Å². The van der Waals surface area contributed by atoms with Crippen molar-refractivity contribution in [2.45, 2.75) is 53.2 Å². The number of rotatable bonds is 7. The predicted octanol–water partition coefficient (Wildman–Crippen LogP) is 2.84. The third-order valence-corrected chi connectivity index (χ3v) is 5.01. The van der Waals surface area contributed by atoms with Crippen LogP contribution in [-0.4, -0.2) is 55.0 Å². The van der Waals surface area contributed by atoms with E-state index in [2.05, 4.69) is 48.5 Å². The van der Waals surface area contributed by atoms with Crippen LogP contribution >= 0.6 is 24.0 Å². The van der Waals surface area contributed by atoms with E-state index in [1.54, 1.807) is 0 Å². The number of halogens is 1. The molecule has 158 valence electrons. The van der Waals surface area contributed by atoms with Gasteiger partial charge in [0.25, 0.3) is 5.91 Å². The van der Waals surface area contributed by atoms with Gasteiger partial charge < -0.3 is 16.0 Å². The molecule has 0 aromatic heterocycles. The number of hydrogen-bond acceptors (Lipinski definition) is 3. The van der Waals surface area contributed by atoms with E-state index in [0.717, 1.165) is 31.2 Å². The van der Waals surface area contributed by atoms with Crippen LogP contribution in [0.3, 0.4) is 0 Å². The molecule has 1 aliphatic rings. The molecular weight excluding hydrogens is 465 g/mol. The van der Waals surface area contributed by atoms with Crippen LogP contribution in [0.4, 0.5) is 0 Å². The van der Waals surface area contributed by atoms with Gasteiger partial charge in [-0.1, -0.05) is 19.1 Å². The number of carbonyl (C=O) groups excluding carboxylic acids is 1. The zero-order valence-corrected chi connectivity index (χ0v) is 20.1. The lowest BCUT2D eigenvalue weighted by atomic mass is 10.1. The number of amides is 1. The van der Waals surface area contributed by atoms with Gasteiger partial charge in [0.2, 0.25) is 0 Å². The van der Waals surface area contributed by atoms with Gasteiger partial charge in [-0.05, 0) is 51.3 Å². The summed E-state index contributed by atoms with van der Waals surface area (Å²) >= 11 is 0. The molecule has 1 heterocycles. The maximum absolute atomic E-state index is 11.8. The van der Waals surface area contributed by atoms with Crippen LogP contribution in [0.2, 0.25) is 0 Å². The van der Waals surface area contributed by atoms with Gasteiger partial charge in [-0.15, -0.1) is 24.0 Å². The molecular formula is C21H36IN5O. The SMILES string of the molecule is CCNC(=O)c1ccc(CN=C(NCC)NC2CN(C(C)C)CC2C)cc1.I. The summed E-state index contributed by atoms with van der Waals surface area (Å²) in [6.07, 6.45) is 0. The number of guanidine groups is 1. The lowest BCUT2D eigenvalue weighted by Crippen LogP contribution is -2.46. The second kappa shape index (κ2) is 12.3. The lowest BCUT2D eigenvalue weighted by molar-refractivity contribution is 0.0956. The standard InChI is InChI=1S/C21H35N5O.HI/c1-6-22-20(27)18-10-8-17(9-11-18)12-24-21(23-7-2)25-19-14-26(15(3)4)13-16(19)5;/h8-11,15-16,19H,6-7,12-14H2,1-5H3,(H,22,27)(H2,23,24,25);1H. The van der Waals surface area contributed by atoms with E-state index >= 15 is 0 Å². The first-order chi connectivity index (χ1) is 12.9. The summed E-state index contributed by atoms with van der Waals surface area (Å²) in [6, 6.07) is 8.63. The summed E-state index contributed by atoms with van der Waals surface area (Å²) in [6.45, 7) is 15.0. The Labute approximate surface area is 187 Å². The molecule has 0 spiro atoms. The number of aliphatic imine (C=N–C) groups is 1. The summed E-state index contributed by atoms with van der Waals surface area (Å²) < 4.78 is 0. The number of nitrogens with zero attached hydrogens (tertiary/aromatic N) is 2. The fourth-order valence-electron chi connectivity index (χ4n) is 3.30. The molecule has 0 radical (unpaired) electrons. The highest BCUT2D eigenvalue weighted by molar-refractivity contribution is 14.0. The minimum absolute atomic E-state index is 0. The summed E-state index contributed by atoms with van der Waals surface area (Å²) in [7, 11) is 0. The van der Waals surface area contributed by atoms with Crippen LogP contribution in [-0.2, 0) is 6.54 Å². The van der Waals surface area contributed by atoms with Gasteiger partial charge >= 0.3 is 0 Å². The molecule has 0 saturated carbocycles. The van der Waals surface area contributed by atoms with Crippen molar-refractivity contribution < 1.29 is 4.79 Å². The molecule has 2 rings (SSSR count). The Bertz CT molecular complexity index is 632. The molecule has 0 bridgehead atoms. The molecule has 3 N–H and O–H groups in total. The van der Waals surface area contributed by atoms with Crippen molar-refractivity contribution in [3.8, 4) is 0 Å². The molecule has 1 saturated heterocycles. The van der Waals surface area contributed by atoms with E-state index in [1.165, 1.54) is 0 Å². The first-order valence-electron chi connectivity index (χ1n) is 10.1. The third-order valence-electron chi connectivity index (χ3n) is 5.01. The van der Waals surface area contributed by atoms with Crippen LogP contribution in [0.25, 0.3) is 0 Å². The van der Waals surface area contributed by atoms with Crippen molar-refractivity contribution in [3.05, 3.63) is 35.4 Å². The minimum Gasteiger partial charge on any atom is -0.357 e. The third kappa shape index (κ3) is 7.24. The van der Waals surface area contributed by atoms with E-state index in [9.17, 15) is 4.79 Å². The van der Waals surface area contributed by atoms with E-state index in [1.807, 2.05) is 31.2 Å². The Kier molecular flexibility index (Phi) is 10.8. The van der Waals surface area contributed by atoms with Crippen molar-refractivity contribution >= 4 is 35.8 Å². The summed E-state index contributed by atoms with van der Waals surface area (Å²) in [5.74, 6) is 1.41. The van der Waals surface area contributed by atoms with Gasteiger partial charge in [-0.2, -0.15) is 0 Å². The second-order valence-corrected chi connectivity index (χ2v) is 7.53. The number of likely N-dealkylation sites (tertiary alicyclic amines) is 1. The molecule has 6 nitrogen and oxygen atoms in total. The van der Waals surface area contributed by atoms with E-state index in [0.29, 0.717) is 36.7 Å². The largest absolute Gasteiger partial charge is 0.357 e. The molecule has 2 unspecified atom stereocenters. The maximum atomic E-state index is 11.8. The number of benzene rings is 1. The molecule has 7 heteroatoms. The predicted molar refractivity (Wildman–Crippen MR) is 127 cm³/mol. The molecule has 28 heavy (non-hydrogen) atoms. The van der Waals surface area contributed by atoms with Crippen molar-refractivity contribution in [3.63, 3.8) is 0 Å². The first-order valence-corrected chi connectivity index (χ1v) is 10.1. The Morgan fingerprint density at radius 3 is 2.32 bits per heavy atom. The van der Waals surface area contributed by atoms with Gasteiger partial charge in [0.05, 0.1) is 6.54 Å². The highest BCUT2D eigenvalue weighted by Gasteiger charge is 2.31. The number of carbonyl (C=O) groups is 1. The van der Waals surface area contributed by atoms with Crippen LogP contribution in [0.15, 0.2) is 29.3 Å². The molecule has 1 fully saturated rings.